The van der Waals surface area contributed by atoms with Crippen LogP contribution >= 0.6 is 0 Å². The van der Waals surface area contributed by atoms with Crippen LogP contribution in [0.15, 0.2) is 42.5 Å². The van der Waals surface area contributed by atoms with E-state index in [0.29, 0.717) is 6.54 Å². The molecule has 0 aromatic heterocycles. The number of aryl methyl sites for hydroxylation is 1. The van der Waals surface area contributed by atoms with Crippen LogP contribution in [0.5, 0.6) is 5.75 Å². The van der Waals surface area contributed by atoms with Crippen LogP contribution in [-0.4, -0.2) is 43.7 Å². The molecule has 5 nitrogen and oxygen atoms in total. The summed E-state index contributed by atoms with van der Waals surface area (Å²) in [6, 6.07) is 13.3. The van der Waals surface area contributed by atoms with Crippen molar-refractivity contribution in [2.75, 3.05) is 42.9 Å². The van der Waals surface area contributed by atoms with Gasteiger partial charge < -0.3 is 20.2 Å². The molecule has 1 heterocycles. The van der Waals surface area contributed by atoms with Crippen LogP contribution < -0.4 is 15.1 Å². The van der Waals surface area contributed by atoms with E-state index in [1.807, 2.05) is 31.2 Å². The standard InChI is InChI=1S/C20H25N3O2/c1-15-4-3-5-19(16(15)2)21-20(25)14-22-10-12-23(13-11-22)17-6-8-18(24)9-7-17/h3-9,24H,10-14H2,1-2H3,(H,21,25)/p+1. The molecule has 0 atom stereocenters. The number of hydrogen-bond donors (Lipinski definition) is 3. The first-order valence-corrected chi connectivity index (χ1v) is 8.76. The first-order chi connectivity index (χ1) is 12.0. The fourth-order valence-electron chi connectivity index (χ4n) is 3.23. The van der Waals surface area contributed by atoms with E-state index in [0.717, 1.165) is 43.1 Å². The number of hydrogen-bond acceptors (Lipinski definition) is 3. The molecule has 1 fully saturated rings. The summed E-state index contributed by atoms with van der Waals surface area (Å²) >= 11 is 0. The van der Waals surface area contributed by atoms with Crippen LogP contribution in [-0.2, 0) is 4.79 Å². The van der Waals surface area contributed by atoms with Crippen molar-refractivity contribution >= 4 is 17.3 Å². The van der Waals surface area contributed by atoms with Crippen molar-refractivity contribution < 1.29 is 14.8 Å². The molecule has 25 heavy (non-hydrogen) atoms. The van der Waals surface area contributed by atoms with Crippen molar-refractivity contribution in [3.8, 4) is 5.75 Å². The van der Waals surface area contributed by atoms with Crippen LogP contribution in [0.2, 0.25) is 0 Å². The van der Waals surface area contributed by atoms with Crippen molar-refractivity contribution in [2.24, 2.45) is 0 Å². The summed E-state index contributed by atoms with van der Waals surface area (Å²) in [6.07, 6.45) is 0. The minimum Gasteiger partial charge on any atom is -0.508 e. The molecule has 1 amide bonds. The number of amides is 1. The number of nitrogens with one attached hydrogen (secondary N) is 2. The van der Waals surface area contributed by atoms with Gasteiger partial charge in [0.15, 0.2) is 6.54 Å². The predicted octanol–water partition coefficient (Wildman–Crippen LogP) is 1.35. The van der Waals surface area contributed by atoms with E-state index >= 15 is 0 Å². The fourth-order valence-corrected chi connectivity index (χ4v) is 3.23. The second-order valence-electron chi connectivity index (χ2n) is 6.73. The minimum absolute atomic E-state index is 0.0711. The van der Waals surface area contributed by atoms with E-state index in [-0.39, 0.29) is 11.7 Å². The van der Waals surface area contributed by atoms with Crippen molar-refractivity contribution in [3.63, 3.8) is 0 Å². The lowest BCUT2D eigenvalue weighted by atomic mass is 10.1. The third-order valence-electron chi connectivity index (χ3n) is 4.97. The maximum atomic E-state index is 12.4. The Kier molecular flexibility index (Phi) is 5.24. The van der Waals surface area contributed by atoms with Gasteiger partial charge in [-0.1, -0.05) is 12.1 Å². The molecule has 0 spiro atoms. The number of nitrogens with zero attached hydrogens (tertiary/aromatic N) is 1. The molecule has 2 aromatic rings. The van der Waals surface area contributed by atoms with Crippen LogP contribution in [0, 0.1) is 13.8 Å². The predicted molar refractivity (Wildman–Crippen MR) is 100 cm³/mol. The summed E-state index contributed by atoms with van der Waals surface area (Å²) in [6.45, 7) is 8.28. The van der Waals surface area contributed by atoms with Crippen LogP contribution in [0.1, 0.15) is 11.1 Å². The molecular formula is C20H26N3O2+. The molecule has 0 aliphatic carbocycles. The molecule has 0 bridgehead atoms. The van der Waals surface area contributed by atoms with Gasteiger partial charge in [-0.25, -0.2) is 0 Å². The van der Waals surface area contributed by atoms with E-state index in [1.165, 1.54) is 10.5 Å². The van der Waals surface area contributed by atoms with Gasteiger partial charge in [0.1, 0.15) is 5.75 Å². The van der Waals surface area contributed by atoms with Gasteiger partial charge in [-0.15, -0.1) is 0 Å². The average Bonchev–Trinajstić information content (AvgIpc) is 2.60. The molecular weight excluding hydrogens is 314 g/mol. The number of carbonyl (C=O) groups excluding carboxylic acids is 1. The number of rotatable bonds is 4. The van der Waals surface area contributed by atoms with Crippen molar-refractivity contribution in [2.45, 2.75) is 13.8 Å². The summed E-state index contributed by atoms with van der Waals surface area (Å²) in [5.41, 5.74) is 4.35. The first kappa shape index (κ1) is 17.3. The highest BCUT2D eigenvalue weighted by Crippen LogP contribution is 2.18. The average molecular weight is 340 g/mol. The fraction of sp³-hybridized carbons (Fsp3) is 0.350. The third kappa shape index (κ3) is 4.31. The molecule has 5 heteroatoms. The topological polar surface area (TPSA) is 57.0 Å². The minimum atomic E-state index is 0.0711. The lowest BCUT2D eigenvalue weighted by molar-refractivity contribution is -0.892. The van der Waals surface area contributed by atoms with Gasteiger partial charge in [-0.2, -0.15) is 0 Å². The van der Waals surface area contributed by atoms with Crippen molar-refractivity contribution in [3.05, 3.63) is 53.6 Å². The van der Waals surface area contributed by atoms with Crippen LogP contribution in [0.4, 0.5) is 11.4 Å². The van der Waals surface area contributed by atoms with Crippen molar-refractivity contribution in [1.29, 1.82) is 0 Å². The third-order valence-corrected chi connectivity index (χ3v) is 4.97. The maximum absolute atomic E-state index is 12.4. The highest BCUT2D eigenvalue weighted by Gasteiger charge is 2.22. The highest BCUT2D eigenvalue weighted by molar-refractivity contribution is 5.92. The number of carbonyl (C=O) groups is 1. The zero-order valence-electron chi connectivity index (χ0n) is 14.9. The van der Waals surface area contributed by atoms with Gasteiger partial charge >= 0.3 is 0 Å². The number of phenols is 1. The molecule has 0 unspecified atom stereocenters. The normalized spacial score (nSPS) is 15.2. The molecule has 3 N–H and O–H groups in total. The molecule has 0 saturated carbocycles. The van der Waals surface area contributed by atoms with Crippen molar-refractivity contribution in [1.82, 2.24) is 0 Å². The molecule has 2 aromatic carbocycles. The quantitative estimate of drug-likeness (QED) is 0.788. The molecule has 132 valence electrons. The smallest absolute Gasteiger partial charge is 0.279 e. The molecule has 1 saturated heterocycles. The monoisotopic (exact) mass is 340 g/mol. The molecule has 1 aliphatic heterocycles. The van der Waals surface area contributed by atoms with Gasteiger partial charge in [-0.3, -0.25) is 4.79 Å². The van der Waals surface area contributed by atoms with E-state index in [9.17, 15) is 9.90 Å². The van der Waals surface area contributed by atoms with Gasteiger partial charge in [0.25, 0.3) is 5.91 Å². The number of anilines is 2. The Hall–Kier alpha value is -2.53. The van der Waals surface area contributed by atoms with Gasteiger partial charge in [0, 0.05) is 11.4 Å². The lowest BCUT2D eigenvalue weighted by Gasteiger charge is -2.33. The Labute approximate surface area is 148 Å². The maximum Gasteiger partial charge on any atom is 0.279 e. The summed E-state index contributed by atoms with van der Waals surface area (Å²) in [4.78, 5) is 16.0. The Morgan fingerprint density at radius 1 is 1.12 bits per heavy atom. The summed E-state index contributed by atoms with van der Waals surface area (Å²) in [5, 5.41) is 12.4. The van der Waals surface area contributed by atoms with Gasteiger partial charge in [0.2, 0.25) is 0 Å². The SMILES string of the molecule is Cc1cccc(NC(=O)C[NH+]2CCN(c3ccc(O)cc3)CC2)c1C. The van der Waals surface area contributed by atoms with E-state index in [1.54, 1.807) is 12.1 Å². The summed E-state index contributed by atoms with van der Waals surface area (Å²) < 4.78 is 0. The van der Waals surface area contributed by atoms with E-state index < -0.39 is 0 Å². The Morgan fingerprint density at radius 3 is 2.48 bits per heavy atom. The number of quaternary nitrogens is 1. The molecule has 3 rings (SSSR count). The number of phenolic OH excluding ortho intramolecular Hbond substituents is 1. The van der Waals surface area contributed by atoms with Crippen LogP contribution in [0.3, 0.4) is 0 Å². The van der Waals surface area contributed by atoms with E-state index in [4.69, 9.17) is 0 Å². The Bertz CT molecular complexity index is 735. The number of benzene rings is 2. The number of aromatic hydroxyl groups is 1. The Balaban J connectivity index is 1.51. The second-order valence-corrected chi connectivity index (χ2v) is 6.73. The summed E-state index contributed by atoms with van der Waals surface area (Å²) in [7, 11) is 0. The highest BCUT2D eigenvalue weighted by atomic mass is 16.3. The van der Waals surface area contributed by atoms with E-state index in [2.05, 4.69) is 23.2 Å². The summed E-state index contributed by atoms with van der Waals surface area (Å²) in [5.74, 6) is 0.359. The first-order valence-electron chi connectivity index (χ1n) is 8.76. The lowest BCUT2D eigenvalue weighted by Crippen LogP contribution is -3.15. The zero-order chi connectivity index (χ0) is 17.8. The molecule has 0 radical (unpaired) electrons. The largest absolute Gasteiger partial charge is 0.508 e. The molecule has 1 aliphatic rings. The number of piperazine rings is 1. The van der Waals surface area contributed by atoms with Crippen LogP contribution in [0.25, 0.3) is 0 Å². The van der Waals surface area contributed by atoms with Gasteiger partial charge in [0.05, 0.1) is 26.2 Å². The Morgan fingerprint density at radius 2 is 1.80 bits per heavy atom. The second kappa shape index (κ2) is 7.57. The zero-order valence-corrected chi connectivity index (χ0v) is 14.9. The van der Waals surface area contributed by atoms with Gasteiger partial charge in [-0.05, 0) is 55.3 Å².